The lowest BCUT2D eigenvalue weighted by atomic mass is 10.0. The highest BCUT2D eigenvalue weighted by Gasteiger charge is 2.31. The normalized spacial score (nSPS) is 13.7. The van der Waals surface area contributed by atoms with E-state index in [1.165, 1.54) is 58.6 Å². The van der Waals surface area contributed by atoms with Crippen LogP contribution in [0.3, 0.4) is 0 Å². The molecule has 1 aliphatic rings. The van der Waals surface area contributed by atoms with Crippen LogP contribution in [0.25, 0.3) is 22.5 Å². The fourth-order valence-electron chi connectivity index (χ4n) is 4.02. The average Bonchev–Trinajstić information content (AvgIpc) is 3.58. The minimum atomic E-state index is -4.81. The van der Waals surface area contributed by atoms with Crippen molar-refractivity contribution in [1.82, 2.24) is 20.4 Å². The molecule has 0 atom stereocenters. The second kappa shape index (κ2) is 10.2. The number of alkyl halides is 5. The first kappa shape index (κ1) is 27.0. The van der Waals surface area contributed by atoms with Crippen molar-refractivity contribution < 1.29 is 35.1 Å². The quantitative estimate of drug-likeness (QED) is 0.276. The van der Waals surface area contributed by atoms with Crippen LogP contribution in [0.1, 0.15) is 17.7 Å². The van der Waals surface area contributed by atoms with E-state index in [0.29, 0.717) is 33.8 Å². The molecule has 0 saturated carbocycles. The van der Waals surface area contributed by atoms with Gasteiger partial charge in [0.25, 0.3) is 6.43 Å². The lowest BCUT2D eigenvalue weighted by molar-refractivity contribution is -0.274. The van der Waals surface area contributed by atoms with E-state index in [-0.39, 0.29) is 10.6 Å². The minimum Gasteiger partial charge on any atom is -0.406 e. The Bertz CT molecular complexity index is 1690. The Labute approximate surface area is 225 Å². The Hall–Kier alpha value is -4.59. The Morgan fingerprint density at radius 3 is 2.27 bits per heavy atom. The SMILES string of the molecule is CS(=O)(=O)c1cccc(-c2ccc(-n3cnc(C(F)F)c3)c(N3NC=C(c4ccc(OC(F)(F)F)cc4)N3)c2)c1. The van der Waals surface area contributed by atoms with E-state index in [4.69, 9.17) is 0 Å². The Balaban J connectivity index is 1.49. The maximum Gasteiger partial charge on any atom is 0.573 e. The van der Waals surface area contributed by atoms with Crippen molar-refractivity contribution in [2.75, 3.05) is 11.4 Å². The molecule has 1 aliphatic heterocycles. The summed E-state index contributed by atoms with van der Waals surface area (Å²) < 4.78 is 93.5. The standard InChI is InChI=1S/C26H20F5N5O3S/c1-40(37,38)20-4-2-3-17(11-20)18-7-10-23(35-14-22(25(27)28)32-15-35)24(12-18)36-33-13-21(34-36)16-5-8-19(9-6-16)39-26(29,30)31/h2-15,25,33-34H,1H3. The maximum absolute atomic E-state index is 13.2. The topological polar surface area (TPSA) is 88.5 Å². The monoisotopic (exact) mass is 577 g/mol. The number of hydrazine groups is 2. The van der Waals surface area contributed by atoms with Crippen molar-refractivity contribution in [2.24, 2.45) is 0 Å². The van der Waals surface area contributed by atoms with E-state index in [0.717, 1.165) is 6.26 Å². The molecule has 0 fully saturated rings. The lowest BCUT2D eigenvalue weighted by Gasteiger charge is -2.24. The molecule has 0 spiro atoms. The number of nitrogens with one attached hydrogen (secondary N) is 2. The number of anilines is 1. The van der Waals surface area contributed by atoms with Crippen LogP contribution in [-0.2, 0) is 9.84 Å². The zero-order chi connectivity index (χ0) is 28.7. The van der Waals surface area contributed by atoms with Crippen LogP contribution in [0.2, 0.25) is 0 Å². The molecule has 40 heavy (non-hydrogen) atoms. The van der Waals surface area contributed by atoms with Gasteiger partial charge in [-0.15, -0.1) is 13.2 Å². The van der Waals surface area contributed by atoms with Crippen LogP contribution in [-0.4, -0.2) is 30.6 Å². The lowest BCUT2D eigenvalue weighted by Crippen LogP contribution is -2.39. The van der Waals surface area contributed by atoms with Gasteiger partial charge >= 0.3 is 6.36 Å². The summed E-state index contributed by atoms with van der Waals surface area (Å²) in [6.45, 7) is 0. The highest BCUT2D eigenvalue weighted by atomic mass is 32.2. The number of halogens is 5. The Morgan fingerprint density at radius 1 is 0.925 bits per heavy atom. The molecule has 0 amide bonds. The van der Waals surface area contributed by atoms with Crippen molar-refractivity contribution in [3.8, 4) is 22.6 Å². The molecule has 208 valence electrons. The van der Waals surface area contributed by atoms with Gasteiger partial charge in [-0.2, -0.15) is 5.12 Å². The van der Waals surface area contributed by atoms with Gasteiger partial charge in [-0.05, 0) is 59.7 Å². The Kier molecular flexibility index (Phi) is 6.87. The van der Waals surface area contributed by atoms with E-state index in [1.54, 1.807) is 36.5 Å². The predicted octanol–water partition coefficient (Wildman–Crippen LogP) is 5.61. The number of ether oxygens (including phenoxy) is 1. The van der Waals surface area contributed by atoms with Crippen LogP contribution < -0.4 is 20.7 Å². The molecule has 0 bridgehead atoms. The number of aromatic nitrogens is 2. The second-order valence-electron chi connectivity index (χ2n) is 8.72. The largest absolute Gasteiger partial charge is 0.573 e. The van der Waals surface area contributed by atoms with Crippen LogP contribution in [0.5, 0.6) is 5.75 Å². The summed E-state index contributed by atoms with van der Waals surface area (Å²) in [5, 5.41) is 1.48. The fraction of sp³-hybridized carbons (Fsp3) is 0.115. The van der Waals surface area contributed by atoms with Gasteiger partial charge in [0.2, 0.25) is 0 Å². The summed E-state index contributed by atoms with van der Waals surface area (Å²) in [4.78, 5) is 3.89. The van der Waals surface area contributed by atoms with Gasteiger partial charge in [0, 0.05) is 24.2 Å². The average molecular weight is 578 g/mol. The smallest absolute Gasteiger partial charge is 0.406 e. The molecular weight excluding hydrogens is 557 g/mol. The van der Waals surface area contributed by atoms with Crippen LogP contribution in [0.15, 0.2) is 90.3 Å². The molecule has 4 aromatic rings. The molecule has 5 rings (SSSR count). The number of benzene rings is 3. The van der Waals surface area contributed by atoms with E-state index in [2.05, 4.69) is 20.6 Å². The summed E-state index contributed by atoms with van der Waals surface area (Å²) in [6.07, 6.45) is -2.48. The number of imidazole rings is 1. The molecule has 1 aromatic heterocycles. The summed E-state index contributed by atoms with van der Waals surface area (Å²) in [6, 6.07) is 16.7. The number of rotatable bonds is 7. The van der Waals surface area contributed by atoms with Crippen LogP contribution >= 0.6 is 0 Å². The van der Waals surface area contributed by atoms with Crippen molar-refractivity contribution in [3.05, 3.63) is 96.7 Å². The highest BCUT2D eigenvalue weighted by Crippen LogP contribution is 2.33. The van der Waals surface area contributed by atoms with Gasteiger partial charge in [0.15, 0.2) is 9.84 Å². The Morgan fingerprint density at radius 2 is 1.62 bits per heavy atom. The zero-order valence-electron chi connectivity index (χ0n) is 20.5. The molecule has 0 unspecified atom stereocenters. The highest BCUT2D eigenvalue weighted by molar-refractivity contribution is 7.90. The summed E-state index contributed by atoms with van der Waals surface area (Å²) in [5.41, 5.74) is 8.82. The van der Waals surface area contributed by atoms with Crippen molar-refractivity contribution >= 4 is 21.2 Å². The van der Waals surface area contributed by atoms with Gasteiger partial charge in [-0.3, -0.25) is 10.9 Å². The molecule has 2 heterocycles. The van der Waals surface area contributed by atoms with Gasteiger partial charge in [-0.1, -0.05) is 18.2 Å². The molecule has 8 nitrogen and oxygen atoms in total. The fourth-order valence-corrected chi connectivity index (χ4v) is 4.68. The first-order valence-electron chi connectivity index (χ1n) is 11.5. The first-order valence-corrected chi connectivity index (χ1v) is 13.4. The van der Waals surface area contributed by atoms with Gasteiger partial charge in [0.1, 0.15) is 17.1 Å². The van der Waals surface area contributed by atoms with Crippen molar-refractivity contribution in [3.63, 3.8) is 0 Å². The number of hydrogen-bond donors (Lipinski definition) is 2. The van der Waals surface area contributed by atoms with Crippen LogP contribution in [0, 0.1) is 0 Å². The predicted molar refractivity (Wildman–Crippen MR) is 137 cm³/mol. The first-order chi connectivity index (χ1) is 18.9. The number of sulfone groups is 1. The summed E-state index contributed by atoms with van der Waals surface area (Å²) in [7, 11) is -3.47. The molecule has 0 aliphatic carbocycles. The third-order valence-electron chi connectivity index (χ3n) is 5.89. The molecule has 2 N–H and O–H groups in total. The van der Waals surface area contributed by atoms with E-state index in [9.17, 15) is 30.4 Å². The van der Waals surface area contributed by atoms with E-state index >= 15 is 0 Å². The maximum atomic E-state index is 13.2. The summed E-state index contributed by atoms with van der Waals surface area (Å²) >= 11 is 0. The van der Waals surface area contributed by atoms with Gasteiger partial charge in [0.05, 0.1) is 22.6 Å². The van der Waals surface area contributed by atoms with Crippen LogP contribution in [0.4, 0.5) is 27.6 Å². The minimum absolute atomic E-state index is 0.131. The summed E-state index contributed by atoms with van der Waals surface area (Å²) in [5.74, 6) is -0.374. The second-order valence-corrected chi connectivity index (χ2v) is 10.7. The number of hydrogen-bond acceptors (Lipinski definition) is 7. The molecule has 0 radical (unpaired) electrons. The third kappa shape index (κ3) is 5.86. The molecular formula is C26H20F5N5O3S. The van der Waals surface area contributed by atoms with E-state index in [1.807, 2.05) is 0 Å². The third-order valence-corrected chi connectivity index (χ3v) is 7.00. The number of nitrogens with zero attached hydrogens (tertiary/aromatic N) is 3. The zero-order valence-corrected chi connectivity index (χ0v) is 21.3. The van der Waals surface area contributed by atoms with Gasteiger partial charge in [-0.25, -0.2) is 22.2 Å². The molecule has 3 aromatic carbocycles. The molecule has 14 heteroatoms. The van der Waals surface area contributed by atoms with E-state index < -0.39 is 28.3 Å². The van der Waals surface area contributed by atoms with Gasteiger partial charge < -0.3 is 9.30 Å². The van der Waals surface area contributed by atoms with Crippen molar-refractivity contribution in [1.29, 1.82) is 0 Å². The molecule has 0 saturated heterocycles. The van der Waals surface area contributed by atoms with Crippen molar-refractivity contribution in [2.45, 2.75) is 17.7 Å².